The van der Waals surface area contributed by atoms with Crippen molar-refractivity contribution in [3.63, 3.8) is 0 Å². The Kier molecular flexibility index (Phi) is 4.22. The predicted octanol–water partition coefficient (Wildman–Crippen LogP) is 2.52. The smallest absolute Gasteiger partial charge is 0.316 e. The molecule has 0 aliphatic heterocycles. The minimum absolute atomic E-state index is 0.148. The summed E-state index contributed by atoms with van der Waals surface area (Å²) in [4.78, 5) is 16.2. The van der Waals surface area contributed by atoms with E-state index in [9.17, 15) is 9.90 Å². The topological polar surface area (TPSA) is 81.1 Å². The summed E-state index contributed by atoms with van der Waals surface area (Å²) >= 11 is 0. The van der Waals surface area contributed by atoms with E-state index < -0.39 is 11.4 Å². The number of hydrogen-bond acceptors (Lipinski definition) is 3. The van der Waals surface area contributed by atoms with Gasteiger partial charge in [-0.25, -0.2) is 4.98 Å². The highest BCUT2D eigenvalue weighted by Gasteiger charge is 2.62. The average molecular weight is 313 g/mol. The molecule has 1 heterocycles. The first-order chi connectivity index (χ1) is 11.1. The lowest BCUT2D eigenvalue weighted by atomic mass is 9.98. The predicted molar refractivity (Wildman–Crippen MR) is 88.7 cm³/mol. The molecule has 0 radical (unpaired) electrons. The number of nitrogens with zero attached hydrogens (tertiary/aromatic N) is 2. The third kappa shape index (κ3) is 2.77. The molecule has 2 atom stereocenters. The minimum atomic E-state index is -0.816. The van der Waals surface area contributed by atoms with Crippen molar-refractivity contribution >= 4 is 5.97 Å². The zero-order chi connectivity index (χ0) is 16.4. The van der Waals surface area contributed by atoms with Crippen molar-refractivity contribution in [3.05, 3.63) is 48.0 Å². The van der Waals surface area contributed by atoms with Crippen molar-refractivity contribution in [2.75, 3.05) is 6.54 Å². The van der Waals surface area contributed by atoms with Crippen LogP contribution in [0.5, 0.6) is 0 Å². The van der Waals surface area contributed by atoms with Crippen LogP contribution in [0.4, 0.5) is 0 Å². The van der Waals surface area contributed by atoms with Gasteiger partial charge in [-0.1, -0.05) is 19.1 Å². The molecule has 23 heavy (non-hydrogen) atoms. The van der Waals surface area contributed by atoms with Crippen LogP contribution in [0.15, 0.2) is 36.8 Å². The fraction of sp³-hybridized carbons (Fsp3) is 0.444. The van der Waals surface area contributed by atoms with Crippen LogP contribution in [0, 0.1) is 5.92 Å². The lowest BCUT2D eigenvalue weighted by molar-refractivity contribution is -0.140. The largest absolute Gasteiger partial charge is 0.481 e. The Bertz CT molecular complexity index is 693. The number of nitrogens with two attached hydrogens (primary N) is 1. The molecular formula is C18H23N3O2. The first-order valence-electron chi connectivity index (χ1n) is 8.19. The third-order valence-electron chi connectivity index (χ3n) is 4.93. The zero-order valence-corrected chi connectivity index (χ0v) is 13.4. The van der Waals surface area contributed by atoms with E-state index in [-0.39, 0.29) is 5.92 Å². The Balaban J connectivity index is 1.84. The third-order valence-corrected chi connectivity index (χ3v) is 4.93. The van der Waals surface area contributed by atoms with Crippen molar-refractivity contribution in [1.82, 2.24) is 9.55 Å². The zero-order valence-electron chi connectivity index (χ0n) is 13.4. The molecule has 1 aromatic carbocycles. The Hall–Kier alpha value is -2.14. The molecule has 3 rings (SSSR count). The van der Waals surface area contributed by atoms with Gasteiger partial charge in [0.05, 0.1) is 12.0 Å². The standard InChI is InChI=1S/C18H23N3O2/c1-2-13-5-7-15(8-6-13)21-11-16(20-12-21)18(17(22)23)10-14(18)4-3-9-19/h5-8,11-12,14H,2-4,9-10,19H2,1H3,(H,22,23). The van der Waals surface area contributed by atoms with Gasteiger partial charge in [-0.3, -0.25) is 4.79 Å². The number of aliphatic carboxylic acids is 1. The molecule has 122 valence electrons. The Labute approximate surface area is 136 Å². The summed E-state index contributed by atoms with van der Waals surface area (Å²) in [6.07, 6.45) is 6.94. The van der Waals surface area contributed by atoms with Crippen molar-refractivity contribution < 1.29 is 9.90 Å². The summed E-state index contributed by atoms with van der Waals surface area (Å²) in [5, 5.41) is 9.69. The number of benzene rings is 1. The van der Waals surface area contributed by atoms with Gasteiger partial charge < -0.3 is 15.4 Å². The molecule has 1 aliphatic carbocycles. The molecular weight excluding hydrogens is 290 g/mol. The molecule has 0 spiro atoms. The fourth-order valence-electron chi connectivity index (χ4n) is 3.33. The highest BCUT2D eigenvalue weighted by molar-refractivity contribution is 5.85. The number of carboxylic acid groups (broad SMARTS) is 1. The van der Waals surface area contributed by atoms with Gasteiger partial charge in [-0.05, 0) is 55.8 Å². The Morgan fingerprint density at radius 2 is 2.17 bits per heavy atom. The first kappa shape index (κ1) is 15.7. The summed E-state index contributed by atoms with van der Waals surface area (Å²) < 4.78 is 1.90. The van der Waals surface area contributed by atoms with Gasteiger partial charge in [-0.15, -0.1) is 0 Å². The highest BCUT2D eigenvalue weighted by Crippen LogP contribution is 2.56. The van der Waals surface area contributed by atoms with Crippen molar-refractivity contribution in [3.8, 4) is 5.69 Å². The van der Waals surface area contributed by atoms with Crippen molar-refractivity contribution in [1.29, 1.82) is 0 Å². The van der Waals surface area contributed by atoms with Crippen LogP contribution in [-0.4, -0.2) is 27.2 Å². The maximum absolute atomic E-state index is 11.8. The SMILES string of the molecule is CCc1ccc(-n2cnc(C3(C(=O)O)CC3CCCN)c2)cc1. The van der Waals surface area contributed by atoms with E-state index in [1.807, 2.05) is 22.9 Å². The number of rotatable bonds is 7. The number of hydrogen-bond donors (Lipinski definition) is 2. The number of carboxylic acids is 1. The van der Waals surface area contributed by atoms with Crippen LogP contribution in [0.1, 0.15) is 37.4 Å². The molecule has 5 heteroatoms. The molecule has 0 amide bonds. The number of aromatic nitrogens is 2. The number of imidazole rings is 1. The molecule has 0 saturated heterocycles. The van der Waals surface area contributed by atoms with E-state index >= 15 is 0 Å². The van der Waals surface area contributed by atoms with E-state index in [1.54, 1.807) is 6.33 Å². The highest BCUT2D eigenvalue weighted by atomic mass is 16.4. The summed E-state index contributed by atoms with van der Waals surface area (Å²) in [5.41, 5.74) is 7.67. The van der Waals surface area contributed by atoms with Crippen LogP contribution < -0.4 is 5.73 Å². The van der Waals surface area contributed by atoms with Gasteiger partial charge in [-0.2, -0.15) is 0 Å². The molecule has 3 N–H and O–H groups in total. The number of aryl methyl sites for hydroxylation is 1. The summed E-state index contributed by atoms with van der Waals surface area (Å²) in [6, 6.07) is 8.25. The van der Waals surface area contributed by atoms with Crippen molar-refractivity contribution in [2.24, 2.45) is 11.7 Å². The molecule has 2 aromatic rings. The van der Waals surface area contributed by atoms with Crippen LogP contribution in [0.25, 0.3) is 5.69 Å². The second kappa shape index (κ2) is 6.16. The van der Waals surface area contributed by atoms with E-state index in [4.69, 9.17) is 5.73 Å². The van der Waals surface area contributed by atoms with Gasteiger partial charge in [0, 0.05) is 11.9 Å². The van der Waals surface area contributed by atoms with Gasteiger partial charge in [0.1, 0.15) is 5.41 Å². The average Bonchev–Trinajstić information content (AvgIpc) is 3.10. The monoisotopic (exact) mass is 313 g/mol. The molecule has 5 nitrogen and oxygen atoms in total. The van der Waals surface area contributed by atoms with Crippen LogP contribution >= 0.6 is 0 Å². The minimum Gasteiger partial charge on any atom is -0.481 e. The maximum Gasteiger partial charge on any atom is 0.316 e. The Morgan fingerprint density at radius 1 is 1.43 bits per heavy atom. The molecule has 1 aliphatic rings. The first-order valence-corrected chi connectivity index (χ1v) is 8.19. The number of carbonyl (C=O) groups is 1. The summed E-state index contributed by atoms with van der Waals surface area (Å²) in [7, 11) is 0. The Morgan fingerprint density at radius 3 is 2.78 bits per heavy atom. The van der Waals surface area contributed by atoms with E-state index in [0.29, 0.717) is 18.7 Å². The molecule has 1 saturated carbocycles. The molecule has 1 fully saturated rings. The van der Waals surface area contributed by atoms with Gasteiger partial charge in [0.25, 0.3) is 0 Å². The van der Waals surface area contributed by atoms with Crippen LogP contribution in [-0.2, 0) is 16.6 Å². The summed E-state index contributed by atoms with van der Waals surface area (Å²) in [6.45, 7) is 2.72. The fourth-order valence-corrected chi connectivity index (χ4v) is 3.33. The van der Waals surface area contributed by atoms with Gasteiger partial charge >= 0.3 is 5.97 Å². The lowest BCUT2D eigenvalue weighted by Crippen LogP contribution is -2.23. The van der Waals surface area contributed by atoms with Gasteiger partial charge in [0.15, 0.2) is 0 Å². The van der Waals surface area contributed by atoms with Crippen LogP contribution in [0.2, 0.25) is 0 Å². The van der Waals surface area contributed by atoms with Crippen molar-refractivity contribution in [2.45, 2.75) is 38.0 Å². The van der Waals surface area contributed by atoms with Crippen LogP contribution in [0.3, 0.4) is 0 Å². The maximum atomic E-state index is 11.8. The normalized spacial score (nSPS) is 23.0. The van der Waals surface area contributed by atoms with E-state index in [0.717, 1.165) is 24.9 Å². The molecule has 1 aromatic heterocycles. The molecule has 2 unspecified atom stereocenters. The lowest BCUT2D eigenvalue weighted by Gasteiger charge is -2.09. The van der Waals surface area contributed by atoms with E-state index in [1.165, 1.54) is 5.56 Å². The van der Waals surface area contributed by atoms with Gasteiger partial charge in [0.2, 0.25) is 0 Å². The second-order valence-corrected chi connectivity index (χ2v) is 6.29. The van der Waals surface area contributed by atoms with E-state index in [2.05, 4.69) is 24.0 Å². The second-order valence-electron chi connectivity index (χ2n) is 6.29. The quantitative estimate of drug-likeness (QED) is 0.823. The summed E-state index contributed by atoms with van der Waals surface area (Å²) in [5.74, 6) is -0.625. The molecule has 0 bridgehead atoms.